The Morgan fingerprint density at radius 2 is 2.12 bits per heavy atom. The molecule has 0 aromatic carbocycles. The summed E-state index contributed by atoms with van der Waals surface area (Å²) in [5.74, 6) is 0.837. The molecule has 1 aromatic rings. The van der Waals surface area contributed by atoms with Crippen molar-refractivity contribution < 1.29 is 0 Å². The Bertz CT molecular complexity index is 269. The molecule has 0 spiro atoms. The molecule has 90 valence electrons. The summed E-state index contributed by atoms with van der Waals surface area (Å²) >= 11 is 0. The smallest absolute Gasteiger partial charge is 0.0312 e. The number of rotatable bonds is 7. The van der Waals surface area contributed by atoms with Gasteiger partial charge in [0.05, 0.1) is 0 Å². The summed E-state index contributed by atoms with van der Waals surface area (Å²) in [5.41, 5.74) is 1.30. The first-order valence-corrected chi connectivity index (χ1v) is 6.26. The van der Waals surface area contributed by atoms with Crippen LogP contribution in [0.15, 0.2) is 24.5 Å². The second-order valence-electron chi connectivity index (χ2n) is 4.99. The highest BCUT2D eigenvalue weighted by Gasteiger charge is 2.00. The third kappa shape index (κ3) is 5.86. The number of pyridine rings is 1. The van der Waals surface area contributed by atoms with Gasteiger partial charge in [0.25, 0.3) is 0 Å². The fraction of sp³-hybridized carbons (Fsp3) is 0.643. The Balaban J connectivity index is 2.14. The Morgan fingerprint density at radius 1 is 1.31 bits per heavy atom. The molecule has 0 bridgehead atoms. The van der Waals surface area contributed by atoms with Crippen molar-refractivity contribution in [1.82, 2.24) is 9.88 Å². The molecule has 0 fully saturated rings. The van der Waals surface area contributed by atoms with Crippen molar-refractivity contribution in [2.45, 2.75) is 39.7 Å². The van der Waals surface area contributed by atoms with E-state index in [1.54, 1.807) is 0 Å². The first-order valence-electron chi connectivity index (χ1n) is 6.26. The van der Waals surface area contributed by atoms with Crippen molar-refractivity contribution >= 4 is 0 Å². The zero-order valence-corrected chi connectivity index (χ0v) is 10.8. The predicted octanol–water partition coefficient (Wildman–Crippen LogP) is 3.34. The summed E-state index contributed by atoms with van der Waals surface area (Å²) in [6.07, 6.45) is 7.77. The van der Waals surface area contributed by atoms with Gasteiger partial charge >= 0.3 is 0 Å². The normalized spacial score (nSPS) is 11.3. The van der Waals surface area contributed by atoms with Gasteiger partial charge in [-0.2, -0.15) is 0 Å². The number of nitrogens with zero attached hydrogens (tertiary/aromatic N) is 2. The van der Waals surface area contributed by atoms with Gasteiger partial charge in [-0.25, -0.2) is 0 Å². The Labute approximate surface area is 99.7 Å². The van der Waals surface area contributed by atoms with E-state index in [1.807, 2.05) is 18.5 Å². The Hall–Kier alpha value is -0.890. The van der Waals surface area contributed by atoms with E-state index in [2.05, 4.69) is 36.8 Å². The lowest BCUT2D eigenvalue weighted by molar-refractivity contribution is 0.313. The number of unbranched alkanes of at least 4 members (excludes halogenated alkanes) is 1. The van der Waals surface area contributed by atoms with Crippen molar-refractivity contribution in [3.05, 3.63) is 30.1 Å². The van der Waals surface area contributed by atoms with Crippen LogP contribution in [-0.4, -0.2) is 23.5 Å². The van der Waals surface area contributed by atoms with Crippen LogP contribution in [0.25, 0.3) is 0 Å². The van der Waals surface area contributed by atoms with Gasteiger partial charge in [-0.05, 0) is 37.6 Å². The van der Waals surface area contributed by atoms with Crippen LogP contribution in [0.2, 0.25) is 0 Å². The summed E-state index contributed by atoms with van der Waals surface area (Å²) in [5, 5.41) is 0. The maximum absolute atomic E-state index is 4.13. The number of hydrogen-bond acceptors (Lipinski definition) is 2. The van der Waals surface area contributed by atoms with Gasteiger partial charge in [0.15, 0.2) is 0 Å². The van der Waals surface area contributed by atoms with E-state index in [1.165, 1.54) is 31.4 Å². The molecule has 0 saturated heterocycles. The van der Waals surface area contributed by atoms with Crippen molar-refractivity contribution in [3.8, 4) is 0 Å². The molecule has 0 N–H and O–H groups in total. The van der Waals surface area contributed by atoms with Crippen LogP contribution in [-0.2, 0) is 6.54 Å². The monoisotopic (exact) mass is 220 g/mol. The maximum Gasteiger partial charge on any atom is 0.0312 e. The highest BCUT2D eigenvalue weighted by Crippen LogP contribution is 2.07. The molecule has 2 nitrogen and oxygen atoms in total. The molecular formula is C14H24N2. The molecule has 1 rings (SSSR count). The van der Waals surface area contributed by atoms with Crippen LogP contribution in [0, 0.1) is 5.92 Å². The zero-order valence-electron chi connectivity index (χ0n) is 10.8. The van der Waals surface area contributed by atoms with Crippen LogP contribution in [0.3, 0.4) is 0 Å². The van der Waals surface area contributed by atoms with Crippen LogP contribution in [0.4, 0.5) is 0 Å². The van der Waals surface area contributed by atoms with Crippen molar-refractivity contribution in [2.24, 2.45) is 5.92 Å². The standard InChI is InChI=1S/C14H24N2/c1-13(2)7-4-5-10-16(3)12-14-8-6-9-15-11-14/h6,8-9,11,13H,4-5,7,10,12H2,1-3H3. The van der Waals surface area contributed by atoms with Crippen molar-refractivity contribution in [3.63, 3.8) is 0 Å². The Morgan fingerprint density at radius 3 is 2.75 bits per heavy atom. The first kappa shape index (κ1) is 13.2. The number of hydrogen-bond donors (Lipinski definition) is 0. The van der Waals surface area contributed by atoms with E-state index < -0.39 is 0 Å². The zero-order chi connectivity index (χ0) is 11.8. The van der Waals surface area contributed by atoms with E-state index in [0.29, 0.717) is 0 Å². The van der Waals surface area contributed by atoms with Crippen molar-refractivity contribution in [2.75, 3.05) is 13.6 Å². The fourth-order valence-corrected chi connectivity index (χ4v) is 1.82. The van der Waals surface area contributed by atoms with Crippen LogP contribution < -0.4 is 0 Å². The molecule has 0 amide bonds. The van der Waals surface area contributed by atoms with Crippen LogP contribution in [0.1, 0.15) is 38.7 Å². The van der Waals surface area contributed by atoms with Crippen LogP contribution >= 0.6 is 0 Å². The minimum absolute atomic E-state index is 0.837. The predicted molar refractivity (Wildman–Crippen MR) is 69.3 cm³/mol. The topological polar surface area (TPSA) is 16.1 Å². The lowest BCUT2D eigenvalue weighted by Gasteiger charge is -2.16. The van der Waals surface area contributed by atoms with E-state index in [-0.39, 0.29) is 0 Å². The molecular weight excluding hydrogens is 196 g/mol. The molecule has 0 aliphatic carbocycles. The number of aromatic nitrogens is 1. The third-order valence-corrected chi connectivity index (χ3v) is 2.75. The molecule has 1 aromatic heterocycles. The summed E-state index contributed by atoms with van der Waals surface area (Å²) in [6.45, 7) is 6.77. The van der Waals surface area contributed by atoms with Gasteiger partial charge in [-0.1, -0.05) is 32.8 Å². The van der Waals surface area contributed by atoms with E-state index in [4.69, 9.17) is 0 Å². The quantitative estimate of drug-likeness (QED) is 0.655. The van der Waals surface area contributed by atoms with Gasteiger partial charge in [0.1, 0.15) is 0 Å². The molecule has 0 radical (unpaired) electrons. The van der Waals surface area contributed by atoms with Gasteiger partial charge < -0.3 is 4.90 Å². The molecule has 0 aliphatic rings. The summed E-state index contributed by atoms with van der Waals surface area (Å²) in [6, 6.07) is 4.14. The molecule has 0 saturated carbocycles. The minimum Gasteiger partial charge on any atom is -0.302 e. The summed E-state index contributed by atoms with van der Waals surface area (Å²) in [7, 11) is 2.18. The molecule has 2 heteroatoms. The molecule has 16 heavy (non-hydrogen) atoms. The second kappa shape index (κ2) is 7.39. The summed E-state index contributed by atoms with van der Waals surface area (Å²) < 4.78 is 0. The lowest BCUT2D eigenvalue weighted by Crippen LogP contribution is -2.19. The van der Waals surface area contributed by atoms with Gasteiger partial charge in [0.2, 0.25) is 0 Å². The maximum atomic E-state index is 4.13. The highest BCUT2D eigenvalue weighted by atomic mass is 15.1. The second-order valence-corrected chi connectivity index (χ2v) is 4.99. The highest BCUT2D eigenvalue weighted by molar-refractivity contribution is 5.07. The largest absolute Gasteiger partial charge is 0.302 e. The van der Waals surface area contributed by atoms with Gasteiger partial charge in [-0.15, -0.1) is 0 Å². The van der Waals surface area contributed by atoms with E-state index in [0.717, 1.165) is 12.5 Å². The van der Waals surface area contributed by atoms with Crippen LogP contribution in [0.5, 0.6) is 0 Å². The molecule has 0 aliphatic heterocycles. The van der Waals surface area contributed by atoms with E-state index in [9.17, 15) is 0 Å². The average Bonchev–Trinajstić information content (AvgIpc) is 2.25. The minimum atomic E-state index is 0.837. The fourth-order valence-electron chi connectivity index (χ4n) is 1.82. The third-order valence-electron chi connectivity index (χ3n) is 2.75. The molecule has 0 atom stereocenters. The Kier molecular flexibility index (Phi) is 6.09. The summed E-state index contributed by atoms with van der Waals surface area (Å²) in [4.78, 5) is 6.50. The van der Waals surface area contributed by atoms with E-state index >= 15 is 0 Å². The van der Waals surface area contributed by atoms with Gasteiger partial charge in [0, 0.05) is 18.9 Å². The SMILES string of the molecule is CC(C)CCCCN(C)Cc1cccnc1. The molecule has 0 unspecified atom stereocenters. The first-order chi connectivity index (χ1) is 7.68. The van der Waals surface area contributed by atoms with Crippen molar-refractivity contribution in [1.29, 1.82) is 0 Å². The molecule has 1 heterocycles. The average molecular weight is 220 g/mol. The lowest BCUT2D eigenvalue weighted by atomic mass is 10.1. The van der Waals surface area contributed by atoms with Gasteiger partial charge in [-0.3, -0.25) is 4.98 Å².